The Balaban J connectivity index is 1.82. The highest BCUT2D eigenvalue weighted by Crippen LogP contribution is 2.31. The first kappa shape index (κ1) is 16.8. The van der Waals surface area contributed by atoms with Crippen LogP contribution in [0.15, 0.2) is 24.5 Å². The van der Waals surface area contributed by atoms with Gasteiger partial charge in [0.2, 0.25) is 0 Å². The van der Waals surface area contributed by atoms with Gasteiger partial charge in [0.25, 0.3) is 0 Å². The zero-order chi connectivity index (χ0) is 18.5. The average Bonchev–Trinajstić information content (AvgIpc) is 2.99. The summed E-state index contributed by atoms with van der Waals surface area (Å²) in [6, 6.07) is 4.00. The highest BCUT2D eigenvalue weighted by atomic mass is 16.5. The molecule has 7 heteroatoms. The molecule has 1 aliphatic rings. The first-order valence-electron chi connectivity index (χ1n) is 8.58. The van der Waals surface area contributed by atoms with E-state index in [0.29, 0.717) is 18.1 Å². The van der Waals surface area contributed by atoms with E-state index in [9.17, 15) is 9.90 Å². The summed E-state index contributed by atoms with van der Waals surface area (Å²) in [5.41, 5.74) is 3.14. The monoisotopic (exact) mass is 352 g/mol. The molecule has 3 heterocycles. The molecule has 0 bridgehead atoms. The maximum atomic E-state index is 12.0. The third-order valence-corrected chi connectivity index (χ3v) is 4.75. The fourth-order valence-corrected chi connectivity index (χ4v) is 3.32. The van der Waals surface area contributed by atoms with Crippen LogP contribution < -0.4 is 0 Å². The van der Waals surface area contributed by atoms with Crippen LogP contribution in [-0.4, -0.2) is 43.9 Å². The Bertz CT molecular complexity index is 1000. The summed E-state index contributed by atoms with van der Waals surface area (Å²) in [6.07, 6.45) is 3.38. The second-order valence-corrected chi connectivity index (χ2v) is 6.73. The van der Waals surface area contributed by atoms with Crippen LogP contribution in [0, 0.1) is 6.92 Å². The molecule has 134 valence electrons. The number of Topliss-reactive ketones (excluding diaryl/α,β-unsaturated/α-hetero) is 1. The summed E-state index contributed by atoms with van der Waals surface area (Å²) in [6.45, 7) is 6.68. The van der Waals surface area contributed by atoms with E-state index in [4.69, 9.17) is 4.74 Å². The highest BCUT2D eigenvalue weighted by molar-refractivity contribution is 6.06. The first-order valence-corrected chi connectivity index (χ1v) is 8.58. The van der Waals surface area contributed by atoms with Crippen molar-refractivity contribution in [2.45, 2.75) is 32.9 Å². The SMILES string of the molecule is CCn1nc(C(C)=O)c2cc(-c3cnc(C4(O)COC4)nc3)cc(C)c21. The number of carbonyl (C=O) groups excluding carboxylic acids is 1. The van der Waals surface area contributed by atoms with Gasteiger partial charge in [-0.3, -0.25) is 9.48 Å². The Morgan fingerprint density at radius 2 is 1.96 bits per heavy atom. The molecular weight excluding hydrogens is 332 g/mol. The Hall–Kier alpha value is -2.64. The molecule has 0 atom stereocenters. The standard InChI is InChI=1S/C19H20N4O3/c1-4-23-17-11(2)5-13(6-15(17)16(22-23)12(3)24)14-7-20-18(21-8-14)19(25)9-26-10-19/h5-8,25H,4,9-10H2,1-3H3. The summed E-state index contributed by atoms with van der Waals surface area (Å²) in [7, 11) is 0. The largest absolute Gasteiger partial charge is 0.377 e. The highest BCUT2D eigenvalue weighted by Gasteiger charge is 2.40. The van der Waals surface area contributed by atoms with Crippen molar-refractivity contribution in [1.29, 1.82) is 0 Å². The molecule has 26 heavy (non-hydrogen) atoms. The topological polar surface area (TPSA) is 90.1 Å². The Labute approximate surface area is 150 Å². The summed E-state index contributed by atoms with van der Waals surface area (Å²) >= 11 is 0. The zero-order valence-corrected chi connectivity index (χ0v) is 15.0. The molecule has 0 aliphatic carbocycles. The number of aryl methyl sites for hydroxylation is 2. The van der Waals surface area contributed by atoms with Gasteiger partial charge >= 0.3 is 0 Å². The van der Waals surface area contributed by atoms with Crippen molar-refractivity contribution in [1.82, 2.24) is 19.7 Å². The van der Waals surface area contributed by atoms with Crippen LogP contribution in [0.2, 0.25) is 0 Å². The molecular formula is C19H20N4O3. The number of hydrogen-bond acceptors (Lipinski definition) is 6. The number of ketones is 1. The zero-order valence-electron chi connectivity index (χ0n) is 15.0. The van der Waals surface area contributed by atoms with E-state index < -0.39 is 5.60 Å². The van der Waals surface area contributed by atoms with Crippen molar-refractivity contribution in [2.24, 2.45) is 0 Å². The van der Waals surface area contributed by atoms with Crippen LogP contribution in [0.1, 0.15) is 35.7 Å². The van der Waals surface area contributed by atoms with Crippen LogP contribution >= 0.6 is 0 Å². The van der Waals surface area contributed by atoms with E-state index >= 15 is 0 Å². The van der Waals surface area contributed by atoms with Crippen molar-refractivity contribution in [2.75, 3.05) is 13.2 Å². The fraction of sp³-hybridized carbons (Fsp3) is 0.368. The van der Waals surface area contributed by atoms with Crippen molar-refractivity contribution in [3.63, 3.8) is 0 Å². The van der Waals surface area contributed by atoms with Crippen LogP contribution in [-0.2, 0) is 16.9 Å². The molecule has 1 N–H and O–H groups in total. The minimum atomic E-state index is -1.08. The first-order chi connectivity index (χ1) is 12.4. The van der Waals surface area contributed by atoms with Gasteiger partial charge in [-0.15, -0.1) is 0 Å². The van der Waals surface area contributed by atoms with Gasteiger partial charge in [-0.05, 0) is 37.1 Å². The quantitative estimate of drug-likeness (QED) is 0.724. The average molecular weight is 352 g/mol. The lowest BCUT2D eigenvalue weighted by atomic mass is 9.99. The Kier molecular flexibility index (Phi) is 3.86. The van der Waals surface area contributed by atoms with Gasteiger partial charge in [0.05, 0.1) is 18.7 Å². The van der Waals surface area contributed by atoms with Gasteiger partial charge in [-0.1, -0.05) is 0 Å². The third kappa shape index (κ3) is 2.51. The van der Waals surface area contributed by atoms with E-state index in [2.05, 4.69) is 15.1 Å². The van der Waals surface area contributed by atoms with Gasteiger partial charge < -0.3 is 9.84 Å². The lowest BCUT2D eigenvalue weighted by Gasteiger charge is -2.34. The fourth-order valence-electron chi connectivity index (χ4n) is 3.32. The number of carbonyl (C=O) groups is 1. The lowest BCUT2D eigenvalue weighted by molar-refractivity contribution is -0.189. The van der Waals surface area contributed by atoms with Gasteiger partial charge in [0.1, 0.15) is 5.69 Å². The van der Waals surface area contributed by atoms with E-state index in [1.54, 1.807) is 12.4 Å². The molecule has 1 aromatic carbocycles. The molecule has 0 saturated carbocycles. The van der Waals surface area contributed by atoms with Gasteiger partial charge in [-0.25, -0.2) is 9.97 Å². The third-order valence-electron chi connectivity index (χ3n) is 4.75. The van der Waals surface area contributed by atoms with Gasteiger partial charge in [-0.2, -0.15) is 5.10 Å². The number of aliphatic hydroxyl groups is 1. The number of aromatic nitrogens is 4. The molecule has 1 saturated heterocycles. The van der Waals surface area contributed by atoms with E-state index in [0.717, 1.165) is 27.6 Å². The molecule has 0 spiro atoms. The maximum absolute atomic E-state index is 12.0. The smallest absolute Gasteiger partial charge is 0.180 e. The van der Waals surface area contributed by atoms with E-state index in [1.807, 2.05) is 30.7 Å². The summed E-state index contributed by atoms with van der Waals surface area (Å²) in [5, 5.41) is 15.6. The summed E-state index contributed by atoms with van der Waals surface area (Å²) in [4.78, 5) is 20.6. The Morgan fingerprint density at radius 3 is 2.50 bits per heavy atom. The van der Waals surface area contributed by atoms with Crippen LogP contribution in [0.5, 0.6) is 0 Å². The molecule has 2 aromatic heterocycles. The van der Waals surface area contributed by atoms with Gasteiger partial charge in [0.15, 0.2) is 17.2 Å². The minimum absolute atomic E-state index is 0.0578. The second-order valence-electron chi connectivity index (χ2n) is 6.73. The molecule has 0 amide bonds. The van der Waals surface area contributed by atoms with Crippen molar-refractivity contribution >= 4 is 16.7 Å². The number of hydrogen-bond donors (Lipinski definition) is 1. The van der Waals surface area contributed by atoms with E-state index in [-0.39, 0.29) is 19.0 Å². The maximum Gasteiger partial charge on any atom is 0.180 e. The predicted molar refractivity (Wildman–Crippen MR) is 95.9 cm³/mol. The second kappa shape index (κ2) is 5.96. The number of nitrogens with zero attached hydrogens (tertiary/aromatic N) is 4. The number of fused-ring (bicyclic) bond motifs is 1. The molecule has 7 nitrogen and oxygen atoms in total. The lowest BCUT2D eigenvalue weighted by Crippen LogP contribution is -2.47. The van der Waals surface area contributed by atoms with Crippen molar-refractivity contribution in [3.8, 4) is 11.1 Å². The Morgan fingerprint density at radius 1 is 1.27 bits per heavy atom. The summed E-state index contributed by atoms with van der Waals surface area (Å²) in [5.74, 6) is 0.311. The molecule has 0 unspecified atom stereocenters. The molecule has 4 rings (SSSR count). The summed E-state index contributed by atoms with van der Waals surface area (Å²) < 4.78 is 6.91. The number of rotatable bonds is 4. The normalized spacial score (nSPS) is 15.8. The van der Waals surface area contributed by atoms with Crippen LogP contribution in [0.3, 0.4) is 0 Å². The molecule has 1 fully saturated rings. The van der Waals surface area contributed by atoms with Crippen molar-refractivity contribution < 1.29 is 14.6 Å². The molecule has 1 aliphatic heterocycles. The minimum Gasteiger partial charge on any atom is -0.377 e. The van der Waals surface area contributed by atoms with E-state index in [1.165, 1.54) is 6.92 Å². The molecule has 0 radical (unpaired) electrons. The predicted octanol–water partition coefficient (Wildman–Crippen LogP) is 2.24. The number of benzene rings is 1. The van der Waals surface area contributed by atoms with Gasteiger partial charge in [0, 0.05) is 36.8 Å². The van der Waals surface area contributed by atoms with Crippen LogP contribution in [0.4, 0.5) is 0 Å². The molecule has 3 aromatic rings. The number of ether oxygens (including phenoxy) is 1. The van der Waals surface area contributed by atoms with Crippen molar-refractivity contribution in [3.05, 3.63) is 41.6 Å². The van der Waals surface area contributed by atoms with Crippen LogP contribution in [0.25, 0.3) is 22.0 Å².